The molecule has 1 heterocycles. The van der Waals surface area contributed by atoms with Gasteiger partial charge in [-0.3, -0.25) is 4.79 Å². The third-order valence-corrected chi connectivity index (χ3v) is 2.55. The molecule has 1 unspecified atom stereocenters. The second kappa shape index (κ2) is 3.89. The van der Waals surface area contributed by atoms with Crippen molar-refractivity contribution < 1.29 is 4.79 Å². The molecular weight excluding hydrogens is 176 g/mol. The third kappa shape index (κ3) is 2.47. The average Bonchev–Trinajstić information content (AvgIpc) is 2.30. The van der Waals surface area contributed by atoms with Crippen LogP contribution in [0.5, 0.6) is 0 Å². The van der Waals surface area contributed by atoms with Crippen LogP contribution in [0, 0.1) is 0 Å². The van der Waals surface area contributed by atoms with Crippen molar-refractivity contribution in [2.75, 3.05) is 6.54 Å². The van der Waals surface area contributed by atoms with Crippen LogP contribution in [-0.4, -0.2) is 35.0 Å². The van der Waals surface area contributed by atoms with Gasteiger partial charge in [0.2, 0.25) is 5.91 Å². The molecule has 0 bridgehead atoms. The molecule has 0 aromatic rings. The Kier molecular flexibility index (Phi) is 3.20. The van der Waals surface area contributed by atoms with E-state index in [2.05, 4.69) is 39.9 Å². The van der Waals surface area contributed by atoms with Gasteiger partial charge in [0.25, 0.3) is 0 Å². The molecule has 0 aromatic heterocycles. The Bertz CT molecular complexity index is 218. The van der Waals surface area contributed by atoms with Gasteiger partial charge < -0.3 is 10.2 Å². The van der Waals surface area contributed by atoms with Crippen LogP contribution in [-0.2, 0) is 4.79 Å². The second-order valence-electron chi connectivity index (χ2n) is 5.32. The van der Waals surface area contributed by atoms with E-state index < -0.39 is 0 Å². The molecule has 1 saturated heterocycles. The lowest BCUT2D eigenvalue weighted by Crippen LogP contribution is -2.47. The molecule has 0 spiro atoms. The van der Waals surface area contributed by atoms with Crippen LogP contribution in [0.1, 0.15) is 41.0 Å². The Morgan fingerprint density at radius 2 is 2.00 bits per heavy atom. The molecular formula is C11H22N2O. The maximum atomic E-state index is 12.0. The summed E-state index contributed by atoms with van der Waals surface area (Å²) in [6.45, 7) is 11.3. The molecule has 82 valence electrons. The van der Waals surface area contributed by atoms with E-state index in [0.29, 0.717) is 6.04 Å². The molecule has 0 saturated carbocycles. The van der Waals surface area contributed by atoms with Gasteiger partial charge in [0.15, 0.2) is 0 Å². The summed E-state index contributed by atoms with van der Waals surface area (Å²) in [6, 6.07) is 0.415. The van der Waals surface area contributed by atoms with E-state index in [1.165, 1.54) is 0 Å². The van der Waals surface area contributed by atoms with Crippen LogP contribution in [0.25, 0.3) is 0 Å². The van der Waals surface area contributed by atoms with Gasteiger partial charge in [0.1, 0.15) is 0 Å². The molecule has 1 rings (SSSR count). The fraction of sp³-hybridized carbons (Fsp3) is 0.909. The summed E-state index contributed by atoms with van der Waals surface area (Å²) in [5.41, 5.74) is -0.0372. The highest BCUT2D eigenvalue weighted by atomic mass is 16.2. The highest BCUT2D eigenvalue weighted by Gasteiger charge is 2.37. The predicted octanol–water partition coefficient (Wildman–Crippen LogP) is 1.38. The van der Waals surface area contributed by atoms with E-state index in [0.717, 1.165) is 13.0 Å². The largest absolute Gasteiger partial charge is 0.336 e. The Hall–Kier alpha value is -0.570. The van der Waals surface area contributed by atoms with Gasteiger partial charge in [0.05, 0.1) is 6.04 Å². The van der Waals surface area contributed by atoms with Crippen molar-refractivity contribution in [3.8, 4) is 0 Å². The summed E-state index contributed by atoms with van der Waals surface area (Å²) in [6.07, 6.45) is 0.939. The number of rotatable bonds is 2. The van der Waals surface area contributed by atoms with E-state index in [9.17, 15) is 4.79 Å². The van der Waals surface area contributed by atoms with Gasteiger partial charge in [-0.2, -0.15) is 0 Å². The van der Waals surface area contributed by atoms with Crippen LogP contribution in [0.4, 0.5) is 0 Å². The van der Waals surface area contributed by atoms with Gasteiger partial charge >= 0.3 is 0 Å². The van der Waals surface area contributed by atoms with E-state index in [-0.39, 0.29) is 17.5 Å². The van der Waals surface area contributed by atoms with Crippen molar-refractivity contribution in [3.63, 3.8) is 0 Å². The minimum absolute atomic E-state index is 0.0363. The Balaban J connectivity index is 2.60. The average molecular weight is 198 g/mol. The summed E-state index contributed by atoms with van der Waals surface area (Å²) in [5.74, 6) is 0.256. The van der Waals surface area contributed by atoms with Crippen molar-refractivity contribution in [1.82, 2.24) is 10.2 Å². The molecule has 0 aromatic carbocycles. The topological polar surface area (TPSA) is 32.3 Å². The van der Waals surface area contributed by atoms with Crippen molar-refractivity contribution >= 4 is 5.91 Å². The van der Waals surface area contributed by atoms with Crippen molar-refractivity contribution in [2.24, 2.45) is 0 Å². The third-order valence-electron chi connectivity index (χ3n) is 2.55. The molecule has 3 nitrogen and oxygen atoms in total. The first-order valence-corrected chi connectivity index (χ1v) is 5.40. The summed E-state index contributed by atoms with van der Waals surface area (Å²) in [5, 5.41) is 3.30. The molecule has 3 heteroatoms. The lowest BCUT2D eigenvalue weighted by molar-refractivity contribution is -0.133. The van der Waals surface area contributed by atoms with Gasteiger partial charge in [-0.05, 0) is 27.2 Å². The second-order valence-corrected chi connectivity index (χ2v) is 5.32. The van der Waals surface area contributed by atoms with Crippen molar-refractivity contribution in [1.29, 1.82) is 0 Å². The SMILES string of the molecule is CC(C)NC1CCN(C(C)(C)C)C1=O. The first kappa shape index (κ1) is 11.5. The lowest BCUT2D eigenvalue weighted by Gasteiger charge is -2.32. The maximum absolute atomic E-state index is 12.0. The molecule has 0 aliphatic carbocycles. The van der Waals surface area contributed by atoms with E-state index in [1.54, 1.807) is 0 Å². The summed E-state index contributed by atoms with van der Waals surface area (Å²) < 4.78 is 0. The van der Waals surface area contributed by atoms with Gasteiger partial charge in [-0.25, -0.2) is 0 Å². The smallest absolute Gasteiger partial charge is 0.240 e. The number of likely N-dealkylation sites (tertiary alicyclic amines) is 1. The molecule has 1 N–H and O–H groups in total. The summed E-state index contributed by atoms with van der Waals surface area (Å²) >= 11 is 0. The molecule has 0 radical (unpaired) electrons. The highest BCUT2D eigenvalue weighted by Crippen LogP contribution is 2.21. The first-order valence-electron chi connectivity index (χ1n) is 5.40. The van der Waals surface area contributed by atoms with Gasteiger partial charge in [-0.1, -0.05) is 13.8 Å². The van der Waals surface area contributed by atoms with Crippen LogP contribution < -0.4 is 5.32 Å². The zero-order valence-corrected chi connectivity index (χ0v) is 9.92. The van der Waals surface area contributed by atoms with Crippen LogP contribution in [0.2, 0.25) is 0 Å². The van der Waals surface area contributed by atoms with Crippen LogP contribution >= 0.6 is 0 Å². The molecule has 1 atom stereocenters. The predicted molar refractivity (Wildman–Crippen MR) is 58.1 cm³/mol. The molecule has 1 aliphatic heterocycles. The minimum Gasteiger partial charge on any atom is -0.336 e. The highest BCUT2D eigenvalue weighted by molar-refractivity contribution is 5.84. The number of carbonyl (C=O) groups is 1. The van der Waals surface area contributed by atoms with Crippen molar-refractivity contribution in [2.45, 2.75) is 58.7 Å². The zero-order valence-electron chi connectivity index (χ0n) is 9.92. The van der Waals surface area contributed by atoms with E-state index in [4.69, 9.17) is 0 Å². The Morgan fingerprint density at radius 3 is 2.36 bits per heavy atom. The van der Waals surface area contributed by atoms with E-state index in [1.807, 2.05) is 4.90 Å². The molecule has 1 fully saturated rings. The Morgan fingerprint density at radius 1 is 1.43 bits per heavy atom. The molecule has 1 amide bonds. The first-order chi connectivity index (χ1) is 6.32. The standard InChI is InChI=1S/C11H22N2O/c1-8(2)12-9-6-7-13(10(9)14)11(3,4)5/h8-9,12H,6-7H2,1-5H3. The number of hydrogen-bond acceptors (Lipinski definition) is 2. The number of nitrogens with zero attached hydrogens (tertiary/aromatic N) is 1. The monoisotopic (exact) mass is 198 g/mol. The number of nitrogens with one attached hydrogen (secondary N) is 1. The van der Waals surface area contributed by atoms with Crippen LogP contribution in [0.15, 0.2) is 0 Å². The zero-order chi connectivity index (χ0) is 10.9. The normalized spacial score (nSPS) is 23.7. The lowest BCUT2D eigenvalue weighted by atomic mass is 10.1. The molecule has 1 aliphatic rings. The number of amides is 1. The Labute approximate surface area is 86.9 Å². The van der Waals surface area contributed by atoms with Crippen molar-refractivity contribution in [3.05, 3.63) is 0 Å². The summed E-state index contributed by atoms with van der Waals surface area (Å²) in [4.78, 5) is 13.9. The number of hydrogen-bond donors (Lipinski definition) is 1. The number of carbonyl (C=O) groups excluding carboxylic acids is 1. The van der Waals surface area contributed by atoms with E-state index >= 15 is 0 Å². The fourth-order valence-electron chi connectivity index (χ4n) is 1.90. The fourth-order valence-corrected chi connectivity index (χ4v) is 1.90. The quantitative estimate of drug-likeness (QED) is 0.727. The minimum atomic E-state index is -0.0372. The van der Waals surface area contributed by atoms with Crippen LogP contribution in [0.3, 0.4) is 0 Å². The maximum Gasteiger partial charge on any atom is 0.240 e. The summed E-state index contributed by atoms with van der Waals surface area (Å²) in [7, 11) is 0. The molecule has 14 heavy (non-hydrogen) atoms. The van der Waals surface area contributed by atoms with Gasteiger partial charge in [-0.15, -0.1) is 0 Å². The van der Waals surface area contributed by atoms with Gasteiger partial charge in [0, 0.05) is 18.1 Å².